The smallest absolute Gasteiger partial charge is 0.459 e. The van der Waals surface area contributed by atoms with Crippen LogP contribution in [-0.2, 0) is 12.5 Å². The first-order chi connectivity index (χ1) is 18.7. The molecule has 1 unspecified atom stereocenters. The molecule has 3 heterocycles. The summed E-state index contributed by atoms with van der Waals surface area (Å²) in [5, 5.41) is 18.4. The first-order valence-corrected chi connectivity index (χ1v) is 11.3. The number of nitriles is 1. The average Bonchev–Trinajstić information content (AvgIpc) is 2.89. The van der Waals surface area contributed by atoms with Crippen molar-refractivity contribution < 1.29 is 54.9 Å². The number of rotatable bonds is 7. The molecule has 9 nitrogen and oxygen atoms in total. The lowest BCUT2D eigenvalue weighted by Gasteiger charge is -2.23. The Kier molecular flexibility index (Phi) is 7.37. The highest BCUT2D eigenvalue weighted by atomic mass is 19.4. The van der Waals surface area contributed by atoms with E-state index in [-0.39, 0.29) is 29.2 Å². The number of aliphatic hydroxyl groups is 1. The monoisotopic (exact) mass is 575 g/mol. The molecular weight excluding hydrogens is 557 g/mol. The number of hydrogen-bond acceptors (Lipinski definition) is 7. The summed E-state index contributed by atoms with van der Waals surface area (Å²) in [6, 6.07) is 4.86. The van der Waals surface area contributed by atoms with Crippen LogP contribution in [-0.4, -0.2) is 33.5 Å². The molecule has 4 rings (SSSR count). The van der Waals surface area contributed by atoms with Gasteiger partial charge in [0.25, 0.3) is 23.9 Å². The van der Waals surface area contributed by atoms with E-state index < -0.39 is 65.5 Å². The van der Waals surface area contributed by atoms with Crippen molar-refractivity contribution in [3.8, 4) is 29.3 Å². The molecule has 16 heteroatoms. The summed E-state index contributed by atoms with van der Waals surface area (Å²) in [5.74, 6) is -7.94. The number of hydrogen-bond donors (Lipinski definition) is 1. The maximum Gasteiger partial charge on any atom is 0.459 e. The van der Waals surface area contributed by atoms with Gasteiger partial charge in [-0.15, -0.1) is 0 Å². The predicted molar refractivity (Wildman–Crippen MR) is 118 cm³/mol. The molecule has 2 aromatic heterocycles. The van der Waals surface area contributed by atoms with Gasteiger partial charge in [-0.3, -0.25) is 4.79 Å². The largest absolute Gasteiger partial charge is 0.482 e. The average molecular weight is 575 g/mol. The van der Waals surface area contributed by atoms with Gasteiger partial charge in [0.2, 0.25) is 5.75 Å². The lowest BCUT2D eigenvalue weighted by molar-refractivity contribution is -0.885. The normalized spacial score (nSPS) is 13.7. The Labute approximate surface area is 220 Å². The molecule has 0 bridgehead atoms. The molecule has 0 amide bonds. The number of alkyl halides is 7. The number of pyridine rings is 1. The minimum absolute atomic E-state index is 0.129. The second-order valence-electron chi connectivity index (χ2n) is 8.63. The van der Waals surface area contributed by atoms with Gasteiger partial charge in [0.05, 0.1) is 18.2 Å². The highest BCUT2D eigenvalue weighted by Gasteiger charge is 2.62. The van der Waals surface area contributed by atoms with E-state index >= 15 is 0 Å². The minimum Gasteiger partial charge on any atom is -0.482 e. The van der Waals surface area contributed by atoms with Gasteiger partial charge in [0.15, 0.2) is 11.4 Å². The SMILES string of the molecule is Cc1c(C#N)cc(C(F)F)cc1Oc1c(C(F)(F)C(F)(F)F)nc2n(c1=O)Cc1ccc(OC(C)CO)c[n+]1O2. The molecule has 1 aliphatic rings. The Morgan fingerprint density at radius 1 is 1.25 bits per heavy atom. The first kappa shape index (κ1) is 28.6. The molecular formula is C24H18F7N4O5+. The minimum atomic E-state index is -6.25. The summed E-state index contributed by atoms with van der Waals surface area (Å²) in [6.45, 7) is 1.91. The summed E-state index contributed by atoms with van der Waals surface area (Å²) in [5.41, 5.74) is -4.90. The Balaban J connectivity index is 1.89. The zero-order valence-corrected chi connectivity index (χ0v) is 20.5. The molecule has 40 heavy (non-hydrogen) atoms. The van der Waals surface area contributed by atoms with E-state index in [0.717, 1.165) is 10.8 Å². The van der Waals surface area contributed by atoms with E-state index in [0.29, 0.717) is 10.6 Å². The molecule has 1 aliphatic heterocycles. The van der Waals surface area contributed by atoms with Crippen molar-refractivity contribution in [2.24, 2.45) is 0 Å². The molecule has 0 fully saturated rings. The fourth-order valence-electron chi connectivity index (χ4n) is 3.62. The molecule has 0 spiro atoms. The number of aromatic nitrogens is 3. The second kappa shape index (κ2) is 10.3. The molecule has 0 aliphatic carbocycles. The number of benzene rings is 1. The maximum absolute atomic E-state index is 14.7. The third kappa shape index (κ3) is 5.11. The fourth-order valence-corrected chi connectivity index (χ4v) is 3.62. The Morgan fingerprint density at radius 3 is 2.55 bits per heavy atom. The summed E-state index contributed by atoms with van der Waals surface area (Å²) in [6.07, 6.45) is -8.88. The van der Waals surface area contributed by atoms with Crippen LogP contribution in [0.5, 0.6) is 23.3 Å². The van der Waals surface area contributed by atoms with Gasteiger partial charge >= 0.3 is 18.1 Å². The van der Waals surface area contributed by atoms with Crippen LogP contribution in [0.3, 0.4) is 0 Å². The van der Waals surface area contributed by atoms with Crippen molar-refractivity contribution in [3.05, 3.63) is 68.9 Å². The zero-order valence-electron chi connectivity index (χ0n) is 20.5. The molecule has 1 aromatic carbocycles. The van der Waals surface area contributed by atoms with E-state index in [9.17, 15) is 40.8 Å². The molecule has 0 saturated heterocycles. The number of ether oxygens (including phenoxy) is 2. The third-order valence-electron chi connectivity index (χ3n) is 5.78. The van der Waals surface area contributed by atoms with Crippen LogP contribution in [0.25, 0.3) is 0 Å². The van der Waals surface area contributed by atoms with Crippen molar-refractivity contribution in [2.75, 3.05) is 6.61 Å². The van der Waals surface area contributed by atoms with E-state index in [1.165, 1.54) is 32.2 Å². The lowest BCUT2D eigenvalue weighted by atomic mass is 10.0. The molecule has 1 atom stereocenters. The Morgan fingerprint density at radius 2 is 1.95 bits per heavy atom. The van der Waals surface area contributed by atoms with Crippen LogP contribution < -0.4 is 24.6 Å². The van der Waals surface area contributed by atoms with E-state index in [2.05, 4.69) is 4.98 Å². The fraction of sp³-hybridized carbons (Fsp3) is 0.333. The molecule has 1 N–H and O–H groups in total. The van der Waals surface area contributed by atoms with E-state index in [4.69, 9.17) is 19.4 Å². The summed E-state index contributed by atoms with van der Waals surface area (Å²) in [7, 11) is 0. The Hall–Kier alpha value is -4.39. The second-order valence-corrected chi connectivity index (χ2v) is 8.63. The molecule has 212 valence electrons. The zero-order chi connectivity index (χ0) is 29.6. The van der Waals surface area contributed by atoms with Crippen LogP contribution in [0, 0.1) is 18.3 Å². The quantitative estimate of drug-likeness (QED) is 0.262. The number of fused-ring (bicyclic) bond motifs is 2. The molecule has 3 aromatic rings. The molecule has 0 saturated carbocycles. The van der Waals surface area contributed by atoms with E-state index in [1.54, 1.807) is 6.07 Å². The van der Waals surface area contributed by atoms with Crippen LogP contribution >= 0.6 is 0 Å². The van der Waals surface area contributed by atoms with Crippen LogP contribution in [0.15, 0.2) is 35.3 Å². The summed E-state index contributed by atoms with van der Waals surface area (Å²) in [4.78, 5) is 21.9. The van der Waals surface area contributed by atoms with Gasteiger partial charge in [-0.1, -0.05) is 0 Å². The van der Waals surface area contributed by atoms with E-state index in [1.807, 2.05) is 0 Å². The summed E-state index contributed by atoms with van der Waals surface area (Å²) >= 11 is 0. The van der Waals surface area contributed by atoms with Gasteiger partial charge in [-0.2, -0.15) is 37.0 Å². The van der Waals surface area contributed by atoms with Gasteiger partial charge < -0.3 is 14.6 Å². The van der Waals surface area contributed by atoms with Crippen LogP contribution in [0.4, 0.5) is 30.7 Å². The van der Waals surface area contributed by atoms with Gasteiger partial charge in [0, 0.05) is 21.9 Å². The van der Waals surface area contributed by atoms with Crippen molar-refractivity contribution in [1.29, 1.82) is 5.26 Å². The number of nitrogens with zero attached hydrogens (tertiary/aromatic N) is 4. The van der Waals surface area contributed by atoms with Crippen LogP contribution in [0.2, 0.25) is 0 Å². The predicted octanol–water partition coefficient (Wildman–Crippen LogP) is 4.06. The number of aliphatic hydroxyl groups excluding tert-OH is 1. The van der Waals surface area contributed by atoms with Crippen molar-refractivity contribution >= 4 is 0 Å². The first-order valence-electron chi connectivity index (χ1n) is 11.3. The van der Waals surface area contributed by atoms with Gasteiger partial charge in [-0.25, -0.2) is 13.3 Å². The van der Waals surface area contributed by atoms with Crippen LogP contribution in [0.1, 0.15) is 41.4 Å². The van der Waals surface area contributed by atoms with Crippen molar-refractivity contribution in [2.45, 2.75) is 45.0 Å². The standard InChI is InChI=1S/C24H18F7N4O5/c1-11(10-36)38-16-4-3-15-8-34-21(37)18(39-17-6-13(20(25)26)5-14(7-32)12(17)2)19(23(27,28)24(29,30)31)33-22(34)40-35(15)9-16/h3-6,9,11,20,36H,8,10H2,1-2H3/q+1. The van der Waals surface area contributed by atoms with Crippen molar-refractivity contribution in [3.63, 3.8) is 0 Å². The van der Waals surface area contributed by atoms with Crippen molar-refractivity contribution in [1.82, 2.24) is 9.55 Å². The lowest BCUT2D eigenvalue weighted by Crippen LogP contribution is -2.51. The third-order valence-corrected chi connectivity index (χ3v) is 5.78. The topological polar surface area (TPSA) is 110 Å². The Bertz CT molecular complexity index is 1570. The highest BCUT2D eigenvalue weighted by Crippen LogP contribution is 2.47. The maximum atomic E-state index is 14.7. The number of halogens is 7. The van der Waals surface area contributed by atoms with Gasteiger partial charge in [0.1, 0.15) is 18.4 Å². The highest BCUT2D eigenvalue weighted by molar-refractivity contribution is 5.51. The molecule has 0 radical (unpaired) electrons. The van der Waals surface area contributed by atoms with Gasteiger partial charge in [-0.05, 0) is 32.0 Å². The summed E-state index contributed by atoms with van der Waals surface area (Å²) < 4.78 is 108.